The van der Waals surface area contributed by atoms with Crippen molar-refractivity contribution < 1.29 is 19.0 Å². The summed E-state index contributed by atoms with van der Waals surface area (Å²) >= 11 is 0. The Morgan fingerprint density at radius 1 is 1.22 bits per heavy atom. The topological polar surface area (TPSA) is 86.1 Å². The number of ether oxygens (including phenoxy) is 3. The molecule has 3 N–H and O–H groups in total. The van der Waals surface area contributed by atoms with Gasteiger partial charge in [-0.2, -0.15) is 0 Å². The quantitative estimate of drug-likeness (QED) is 0.627. The first kappa shape index (κ1) is 25.8. The summed E-state index contributed by atoms with van der Waals surface area (Å²) in [6.45, 7) is 2.91. The number of halogens is 2. The third-order valence-electron chi connectivity index (χ3n) is 4.46. The summed E-state index contributed by atoms with van der Waals surface area (Å²) in [5.74, 6) is 1.56. The van der Waals surface area contributed by atoms with Gasteiger partial charge in [-0.05, 0) is 24.1 Å². The first-order chi connectivity index (χ1) is 12.1. The minimum absolute atomic E-state index is 0. The predicted molar refractivity (Wildman–Crippen MR) is 110 cm³/mol. The SMILES string of the molecule is COc1cc(CN2CCC(NC(=O)CC(CN)OC)C2)cc(OC)c1.Cl.Cl. The number of nitrogens with zero attached hydrogens (tertiary/aromatic N) is 1. The molecule has 156 valence electrons. The van der Waals surface area contributed by atoms with E-state index in [0.29, 0.717) is 13.0 Å². The molecule has 1 aromatic carbocycles. The number of rotatable bonds is 9. The Bertz CT molecular complexity index is 551. The van der Waals surface area contributed by atoms with Crippen LogP contribution in [-0.4, -0.2) is 63.9 Å². The number of nitrogens with one attached hydrogen (secondary N) is 1. The number of methoxy groups -OCH3 is 3. The van der Waals surface area contributed by atoms with E-state index in [1.54, 1.807) is 21.3 Å². The van der Waals surface area contributed by atoms with Crippen LogP contribution in [0.25, 0.3) is 0 Å². The van der Waals surface area contributed by atoms with Crippen molar-refractivity contribution in [2.45, 2.75) is 31.5 Å². The lowest BCUT2D eigenvalue weighted by Crippen LogP contribution is -2.39. The number of hydrogen-bond donors (Lipinski definition) is 2. The van der Waals surface area contributed by atoms with E-state index in [0.717, 1.165) is 43.1 Å². The molecule has 9 heteroatoms. The average molecular weight is 424 g/mol. The van der Waals surface area contributed by atoms with Crippen LogP contribution < -0.4 is 20.5 Å². The standard InChI is InChI=1S/C18H29N3O4.2ClH/c1-23-15-6-13(7-16(8-15)24-2)11-21-5-4-14(12-21)20-18(22)9-17(10-19)25-3;;/h6-8,14,17H,4-5,9-12,19H2,1-3H3,(H,20,22);2*1H. The van der Waals surface area contributed by atoms with E-state index < -0.39 is 0 Å². The van der Waals surface area contributed by atoms with E-state index in [9.17, 15) is 4.79 Å². The molecule has 0 bridgehead atoms. The summed E-state index contributed by atoms with van der Waals surface area (Å²) < 4.78 is 15.8. The van der Waals surface area contributed by atoms with Gasteiger partial charge in [-0.3, -0.25) is 9.69 Å². The summed E-state index contributed by atoms with van der Waals surface area (Å²) in [5.41, 5.74) is 6.69. The van der Waals surface area contributed by atoms with Gasteiger partial charge in [-0.15, -0.1) is 24.8 Å². The lowest BCUT2D eigenvalue weighted by Gasteiger charge is -2.19. The molecule has 1 aromatic rings. The molecule has 1 heterocycles. The zero-order valence-electron chi connectivity index (χ0n) is 16.1. The number of carbonyl (C=O) groups is 1. The van der Waals surface area contributed by atoms with Gasteiger partial charge in [-0.25, -0.2) is 0 Å². The van der Waals surface area contributed by atoms with Gasteiger partial charge in [0.1, 0.15) is 11.5 Å². The molecule has 0 saturated carbocycles. The zero-order chi connectivity index (χ0) is 18.2. The Hall–Kier alpha value is -1.25. The molecular weight excluding hydrogens is 393 g/mol. The number of nitrogens with two attached hydrogens (primary N) is 1. The summed E-state index contributed by atoms with van der Waals surface area (Å²) in [5, 5.41) is 3.07. The first-order valence-electron chi connectivity index (χ1n) is 8.54. The molecule has 1 aliphatic heterocycles. The van der Waals surface area contributed by atoms with E-state index in [1.807, 2.05) is 18.2 Å². The van der Waals surface area contributed by atoms with Crippen LogP contribution >= 0.6 is 24.8 Å². The van der Waals surface area contributed by atoms with Crippen LogP contribution in [0.3, 0.4) is 0 Å². The second kappa shape index (κ2) is 13.0. The molecular formula is C18H31Cl2N3O4. The Balaban J connectivity index is 0.00000338. The van der Waals surface area contributed by atoms with Crippen LogP contribution in [0, 0.1) is 0 Å². The summed E-state index contributed by atoms with van der Waals surface area (Å²) in [6, 6.07) is 6.05. The minimum Gasteiger partial charge on any atom is -0.497 e. The van der Waals surface area contributed by atoms with Crippen molar-refractivity contribution in [2.75, 3.05) is 41.0 Å². The highest BCUT2D eigenvalue weighted by Crippen LogP contribution is 2.24. The van der Waals surface area contributed by atoms with E-state index >= 15 is 0 Å². The van der Waals surface area contributed by atoms with Crippen LogP contribution in [-0.2, 0) is 16.1 Å². The largest absolute Gasteiger partial charge is 0.497 e. The highest BCUT2D eigenvalue weighted by molar-refractivity contribution is 5.85. The van der Waals surface area contributed by atoms with E-state index in [2.05, 4.69) is 10.2 Å². The highest BCUT2D eigenvalue weighted by Gasteiger charge is 2.25. The molecule has 1 fully saturated rings. The summed E-state index contributed by atoms with van der Waals surface area (Å²) in [6.07, 6.45) is 1.02. The third kappa shape index (κ3) is 8.11. The number of benzene rings is 1. The van der Waals surface area contributed by atoms with E-state index in [1.165, 1.54) is 0 Å². The van der Waals surface area contributed by atoms with Gasteiger partial charge in [0.25, 0.3) is 0 Å². The minimum atomic E-state index is -0.221. The maximum absolute atomic E-state index is 12.1. The first-order valence-corrected chi connectivity index (χ1v) is 8.54. The van der Waals surface area contributed by atoms with Gasteiger partial charge in [0.2, 0.25) is 5.91 Å². The van der Waals surface area contributed by atoms with Gasteiger partial charge in [0, 0.05) is 45.4 Å². The predicted octanol–water partition coefficient (Wildman–Crippen LogP) is 1.60. The van der Waals surface area contributed by atoms with Crippen LogP contribution in [0.2, 0.25) is 0 Å². The molecule has 2 rings (SSSR count). The molecule has 1 saturated heterocycles. The third-order valence-corrected chi connectivity index (χ3v) is 4.46. The number of amides is 1. The van der Waals surface area contributed by atoms with Crippen molar-refractivity contribution >= 4 is 30.7 Å². The summed E-state index contributed by atoms with van der Waals surface area (Å²) in [7, 11) is 4.87. The maximum Gasteiger partial charge on any atom is 0.222 e. The molecule has 2 atom stereocenters. The van der Waals surface area contributed by atoms with Crippen LogP contribution in [0.4, 0.5) is 0 Å². The molecule has 1 amide bonds. The second-order valence-corrected chi connectivity index (χ2v) is 6.31. The second-order valence-electron chi connectivity index (χ2n) is 6.31. The van der Waals surface area contributed by atoms with Crippen LogP contribution in [0.15, 0.2) is 18.2 Å². The van der Waals surface area contributed by atoms with Crippen molar-refractivity contribution in [3.63, 3.8) is 0 Å². The van der Waals surface area contributed by atoms with E-state index in [-0.39, 0.29) is 42.9 Å². The van der Waals surface area contributed by atoms with Gasteiger partial charge in [-0.1, -0.05) is 0 Å². The van der Waals surface area contributed by atoms with Gasteiger partial charge < -0.3 is 25.3 Å². The van der Waals surface area contributed by atoms with Crippen molar-refractivity contribution in [1.82, 2.24) is 10.2 Å². The molecule has 1 aliphatic rings. The monoisotopic (exact) mass is 423 g/mol. The molecule has 2 unspecified atom stereocenters. The normalized spacial score (nSPS) is 17.4. The lowest BCUT2D eigenvalue weighted by atomic mass is 10.2. The fraction of sp³-hybridized carbons (Fsp3) is 0.611. The maximum atomic E-state index is 12.1. The number of likely N-dealkylation sites (tertiary alicyclic amines) is 1. The van der Waals surface area contributed by atoms with Crippen molar-refractivity contribution in [2.24, 2.45) is 5.73 Å². The van der Waals surface area contributed by atoms with Crippen molar-refractivity contribution in [3.8, 4) is 11.5 Å². The molecule has 7 nitrogen and oxygen atoms in total. The van der Waals surface area contributed by atoms with Crippen LogP contribution in [0.1, 0.15) is 18.4 Å². The molecule has 27 heavy (non-hydrogen) atoms. The van der Waals surface area contributed by atoms with Crippen molar-refractivity contribution in [1.29, 1.82) is 0 Å². The van der Waals surface area contributed by atoms with Crippen molar-refractivity contribution in [3.05, 3.63) is 23.8 Å². The molecule has 0 aliphatic carbocycles. The van der Waals surface area contributed by atoms with Crippen LogP contribution in [0.5, 0.6) is 11.5 Å². The number of carbonyl (C=O) groups excluding carboxylic acids is 1. The fourth-order valence-corrected chi connectivity index (χ4v) is 3.07. The number of hydrogen-bond acceptors (Lipinski definition) is 6. The Morgan fingerprint density at radius 2 is 1.85 bits per heavy atom. The van der Waals surface area contributed by atoms with Gasteiger partial charge in [0.15, 0.2) is 0 Å². The fourth-order valence-electron chi connectivity index (χ4n) is 3.07. The Morgan fingerprint density at radius 3 is 2.37 bits per heavy atom. The summed E-state index contributed by atoms with van der Waals surface area (Å²) in [4.78, 5) is 14.4. The molecule has 0 radical (unpaired) electrons. The Labute approximate surface area is 173 Å². The van der Waals surface area contributed by atoms with Gasteiger partial charge in [0.05, 0.1) is 26.7 Å². The Kier molecular flexibility index (Phi) is 12.4. The molecule has 0 spiro atoms. The zero-order valence-corrected chi connectivity index (χ0v) is 17.7. The smallest absolute Gasteiger partial charge is 0.222 e. The van der Waals surface area contributed by atoms with Gasteiger partial charge >= 0.3 is 0 Å². The highest BCUT2D eigenvalue weighted by atomic mass is 35.5. The van der Waals surface area contributed by atoms with E-state index in [4.69, 9.17) is 19.9 Å². The average Bonchev–Trinajstić information content (AvgIpc) is 3.05. The molecule has 0 aromatic heterocycles. The lowest BCUT2D eigenvalue weighted by molar-refractivity contribution is -0.124.